The summed E-state index contributed by atoms with van der Waals surface area (Å²) in [5, 5.41) is 2.33. The second-order valence-corrected chi connectivity index (χ2v) is 11.1. The predicted molar refractivity (Wildman–Crippen MR) is 120 cm³/mol. The molecule has 0 spiro atoms. The van der Waals surface area contributed by atoms with E-state index in [0.717, 1.165) is 23.3 Å². The van der Waals surface area contributed by atoms with Crippen LogP contribution in [-0.2, 0) is 16.3 Å². The molecule has 30 heavy (non-hydrogen) atoms. The van der Waals surface area contributed by atoms with E-state index in [2.05, 4.69) is 41.5 Å². The smallest absolute Gasteiger partial charge is 0.185 e. The van der Waals surface area contributed by atoms with Crippen molar-refractivity contribution in [3.63, 3.8) is 0 Å². The monoisotopic (exact) mass is 464 g/mol. The molecule has 0 unspecified atom stereocenters. The number of nitrogens with zero attached hydrogens (tertiary/aromatic N) is 2. The molecule has 1 saturated heterocycles. The maximum atomic E-state index is 13.4. The summed E-state index contributed by atoms with van der Waals surface area (Å²) in [6.07, 6.45) is 1.79. The lowest BCUT2D eigenvalue weighted by Crippen LogP contribution is -2.39. The van der Waals surface area contributed by atoms with Gasteiger partial charge in [0.15, 0.2) is 15.0 Å². The van der Waals surface area contributed by atoms with E-state index in [-0.39, 0.29) is 9.92 Å². The number of rotatable bonds is 5. The van der Waals surface area contributed by atoms with Crippen LogP contribution in [0.4, 0.5) is 9.52 Å². The van der Waals surface area contributed by atoms with Gasteiger partial charge in [0.1, 0.15) is 5.82 Å². The Kier molecular flexibility index (Phi) is 6.14. The molecule has 3 aromatic rings. The molecule has 1 aromatic heterocycles. The minimum atomic E-state index is -3.54. The van der Waals surface area contributed by atoms with Gasteiger partial charge in [-0.25, -0.2) is 17.8 Å². The Balaban J connectivity index is 1.41. The molecular weight excluding hydrogens is 443 g/mol. The Morgan fingerprint density at radius 3 is 2.67 bits per heavy atom. The summed E-state index contributed by atoms with van der Waals surface area (Å²) in [4.78, 5) is 6.99. The summed E-state index contributed by atoms with van der Waals surface area (Å²) < 4.78 is 39.2. The normalized spacial score (nSPS) is 15.5. The van der Waals surface area contributed by atoms with E-state index in [0.29, 0.717) is 25.9 Å². The maximum Gasteiger partial charge on any atom is 0.185 e. The number of sulfone groups is 1. The van der Waals surface area contributed by atoms with E-state index in [1.165, 1.54) is 23.3 Å². The lowest BCUT2D eigenvalue weighted by molar-refractivity contribution is 0.529. The summed E-state index contributed by atoms with van der Waals surface area (Å²) in [7, 11) is -3.54. The molecule has 4 rings (SSSR count). The summed E-state index contributed by atoms with van der Waals surface area (Å²) in [6.45, 7) is 3.32. The Morgan fingerprint density at radius 1 is 1.20 bits per heavy atom. The molecule has 0 saturated carbocycles. The van der Waals surface area contributed by atoms with E-state index in [1.54, 1.807) is 11.3 Å². The van der Waals surface area contributed by atoms with Gasteiger partial charge in [-0.2, -0.15) is 0 Å². The molecule has 0 amide bonds. The number of piperidine rings is 1. The zero-order valence-electron chi connectivity index (χ0n) is 16.5. The number of anilines is 1. The second-order valence-electron chi connectivity index (χ2n) is 7.59. The van der Waals surface area contributed by atoms with Crippen LogP contribution >= 0.6 is 22.9 Å². The van der Waals surface area contributed by atoms with Crippen LogP contribution in [0.15, 0.2) is 52.7 Å². The van der Waals surface area contributed by atoms with Crippen LogP contribution in [0.5, 0.6) is 0 Å². The molecule has 158 valence electrons. The molecule has 2 aromatic carbocycles. The molecule has 8 heteroatoms. The van der Waals surface area contributed by atoms with Crippen molar-refractivity contribution in [1.82, 2.24) is 4.98 Å². The van der Waals surface area contributed by atoms with Gasteiger partial charge in [-0.05, 0) is 43.5 Å². The van der Waals surface area contributed by atoms with Crippen molar-refractivity contribution < 1.29 is 12.8 Å². The lowest BCUT2D eigenvalue weighted by atomic mass is 10.1. The minimum Gasteiger partial charge on any atom is -0.348 e. The number of aryl methyl sites for hydroxylation is 1. The number of benzene rings is 2. The Hall–Kier alpha value is -1.96. The minimum absolute atomic E-state index is 0.0852. The molecule has 0 bridgehead atoms. The largest absolute Gasteiger partial charge is 0.348 e. The van der Waals surface area contributed by atoms with Crippen molar-refractivity contribution in [2.75, 3.05) is 18.0 Å². The standard InChI is InChI=1S/C22H22ClFN2O2S2/c1-15-3-2-4-16(11-15)12-17-14-29-22(25-17)26-9-7-18(8-10-26)30(27,28)19-5-6-21(24)20(23)13-19/h2-6,11,13-14,18H,7-10,12H2,1H3. The van der Waals surface area contributed by atoms with Gasteiger partial charge in [-0.3, -0.25) is 0 Å². The van der Waals surface area contributed by atoms with E-state index in [4.69, 9.17) is 16.6 Å². The first-order valence-electron chi connectivity index (χ1n) is 9.77. The van der Waals surface area contributed by atoms with Gasteiger partial charge in [0, 0.05) is 24.9 Å². The Bertz CT molecular complexity index is 1160. The average molecular weight is 465 g/mol. The lowest BCUT2D eigenvalue weighted by Gasteiger charge is -2.31. The highest BCUT2D eigenvalue weighted by Crippen LogP contribution is 2.30. The summed E-state index contributed by atoms with van der Waals surface area (Å²) >= 11 is 7.37. The first kappa shape index (κ1) is 21.3. The number of hydrogen-bond donors (Lipinski definition) is 0. The zero-order chi connectivity index (χ0) is 21.3. The van der Waals surface area contributed by atoms with Crippen molar-refractivity contribution in [2.45, 2.75) is 36.3 Å². The maximum absolute atomic E-state index is 13.4. The van der Waals surface area contributed by atoms with Crippen LogP contribution in [0.1, 0.15) is 29.7 Å². The number of aromatic nitrogens is 1. The van der Waals surface area contributed by atoms with Gasteiger partial charge in [0.25, 0.3) is 0 Å². The van der Waals surface area contributed by atoms with Crippen LogP contribution in [0.3, 0.4) is 0 Å². The van der Waals surface area contributed by atoms with Gasteiger partial charge in [0.2, 0.25) is 0 Å². The van der Waals surface area contributed by atoms with Gasteiger partial charge in [0.05, 0.1) is 20.9 Å². The van der Waals surface area contributed by atoms with E-state index in [1.807, 2.05) is 0 Å². The highest BCUT2D eigenvalue weighted by Gasteiger charge is 2.32. The second kappa shape index (κ2) is 8.65. The van der Waals surface area contributed by atoms with Crippen molar-refractivity contribution >= 4 is 37.9 Å². The molecule has 1 fully saturated rings. The van der Waals surface area contributed by atoms with Crippen molar-refractivity contribution in [3.8, 4) is 0 Å². The van der Waals surface area contributed by atoms with Crippen LogP contribution < -0.4 is 4.90 Å². The van der Waals surface area contributed by atoms with Gasteiger partial charge in [-0.1, -0.05) is 41.4 Å². The van der Waals surface area contributed by atoms with Gasteiger partial charge in [-0.15, -0.1) is 11.3 Å². The molecular formula is C22H22ClFN2O2S2. The number of halogens is 2. The average Bonchev–Trinajstić information content (AvgIpc) is 3.18. The number of thiazole rings is 1. The highest BCUT2D eigenvalue weighted by molar-refractivity contribution is 7.92. The fraction of sp³-hybridized carbons (Fsp3) is 0.318. The van der Waals surface area contributed by atoms with Crippen molar-refractivity contribution in [1.29, 1.82) is 0 Å². The van der Waals surface area contributed by atoms with Crippen molar-refractivity contribution in [2.24, 2.45) is 0 Å². The molecule has 2 heterocycles. The Morgan fingerprint density at radius 2 is 1.97 bits per heavy atom. The van der Waals surface area contributed by atoms with Crippen LogP contribution in [-0.4, -0.2) is 31.7 Å². The third-order valence-electron chi connectivity index (χ3n) is 5.38. The van der Waals surface area contributed by atoms with Crippen molar-refractivity contribution in [3.05, 3.63) is 75.5 Å². The molecule has 0 N–H and O–H groups in total. The van der Waals surface area contributed by atoms with Crippen LogP contribution in [0.25, 0.3) is 0 Å². The molecule has 1 aliphatic heterocycles. The molecule has 0 atom stereocenters. The highest BCUT2D eigenvalue weighted by atomic mass is 35.5. The summed E-state index contributed by atoms with van der Waals surface area (Å²) in [6, 6.07) is 12.0. The third kappa shape index (κ3) is 4.53. The summed E-state index contributed by atoms with van der Waals surface area (Å²) in [5.41, 5.74) is 3.49. The fourth-order valence-electron chi connectivity index (χ4n) is 3.76. The van der Waals surface area contributed by atoms with Crippen LogP contribution in [0.2, 0.25) is 5.02 Å². The predicted octanol–water partition coefficient (Wildman–Crippen LogP) is 5.28. The van der Waals surface area contributed by atoms with E-state index < -0.39 is 20.9 Å². The fourth-order valence-corrected chi connectivity index (χ4v) is 6.64. The van der Waals surface area contributed by atoms with E-state index in [9.17, 15) is 12.8 Å². The first-order valence-corrected chi connectivity index (χ1v) is 12.6. The van der Waals surface area contributed by atoms with Crippen LogP contribution in [0, 0.1) is 12.7 Å². The van der Waals surface area contributed by atoms with E-state index >= 15 is 0 Å². The first-order chi connectivity index (χ1) is 14.3. The third-order valence-corrected chi connectivity index (χ3v) is 8.88. The topological polar surface area (TPSA) is 50.3 Å². The van der Waals surface area contributed by atoms with Gasteiger partial charge < -0.3 is 4.90 Å². The quantitative estimate of drug-likeness (QED) is 0.482. The number of hydrogen-bond acceptors (Lipinski definition) is 5. The molecule has 0 radical (unpaired) electrons. The summed E-state index contributed by atoms with van der Waals surface area (Å²) in [5.74, 6) is -0.615. The Labute approximate surface area is 185 Å². The zero-order valence-corrected chi connectivity index (χ0v) is 18.9. The molecule has 0 aliphatic carbocycles. The van der Waals surface area contributed by atoms with Gasteiger partial charge >= 0.3 is 0 Å². The molecule has 4 nitrogen and oxygen atoms in total. The molecule has 1 aliphatic rings. The SMILES string of the molecule is Cc1cccc(Cc2csc(N3CCC(S(=O)(=O)c4ccc(F)c(Cl)c4)CC3)n2)c1.